The van der Waals surface area contributed by atoms with E-state index < -0.39 is 0 Å². The molecule has 0 bridgehead atoms. The number of amides is 1. The number of carbonyl (C=O) groups is 1. The Morgan fingerprint density at radius 3 is 2.94 bits per heavy atom. The third-order valence-electron chi connectivity index (χ3n) is 3.91. The molecule has 0 saturated carbocycles. The predicted octanol–water partition coefficient (Wildman–Crippen LogP) is 1.40. The minimum absolute atomic E-state index is 0.200. The van der Waals surface area contributed by atoms with Crippen LogP contribution in [0.15, 0.2) is 24.3 Å². The highest BCUT2D eigenvalue weighted by Crippen LogP contribution is 2.33. The number of benzene rings is 1. The first kappa shape index (κ1) is 10.8. The van der Waals surface area contributed by atoms with Gasteiger partial charge in [-0.15, -0.1) is 0 Å². The third kappa shape index (κ3) is 2.07. The van der Waals surface area contributed by atoms with Crippen molar-refractivity contribution in [3.8, 4) is 0 Å². The van der Waals surface area contributed by atoms with Crippen molar-refractivity contribution in [1.29, 1.82) is 0 Å². The fourth-order valence-electron chi connectivity index (χ4n) is 3.05. The zero-order valence-electron chi connectivity index (χ0n) is 9.91. The second-order valence-corrected chi connectivity index (χ2v) is 4.98. The summed E-state index contributed by atoms with van der Waals surface area (Å²) in [6, 6.07) is 8.99. The maximum atomic E-state index is 11.5. The number of nitrogens with one attached hydrogen (secondary N) is 2. The second kappa shape index (κ2) is 4.49. The van der Waals surface area contributed by atoms with Gasteiger partial charge in [0.1, 0.15) is 0 Å². The van der Waals surface area contributed by atoms with E-state index in [1.54, 1.807) is 0 Å². The Bertz CT molecular complexity index is 430. The van der Waals surface area contributed by atoms with E-state index in [4.69, 9.17) is 0 Å². The van der Waals surface area contributed by atoms with Crippen molar-refractivity contribution in [3.63, 3.8) is 0 Å². The summed E-state index contributed by atoms with van der Waals surface area (Å²) in [5, 5.41) is 6.49. The smallest absolute Gasteiger partial charge is 0.220 e. The highest BCUT2D eigenvalue weighted by molar-refractivity contribution is 5.77. The lowest BCUT2D eigenvalue weighted by Gasteiger charge is -2.35. The Morgan fingerprint density at radius 1 is 1.18 bits per heavy atom. The maximum Gasteiger partial charge on any atom is 0.220 e. The molecule has 1 aromatic carbocycles. The average molecular weight is 230 g/mol. The zero-order valence-corrected chi connectivity index (χ0v) is 9.91. The molecule has 1 fully saturated rings. The van der Waals surface area contributed by atoms with E-state index >= 15 is 0 Å². The van der Waals surface area contributed by atoms with E-state index in [-0.39, 0.29) is 5.91 Å². The van der Waals surface area contributed by atoms with Crippen LogP contribution in [0.2, 0.25) is 0 Å². The molecule has 17 heavy (non-hydrogen) atoms. The fraction of sp³-hybridized carbons (Fsp3) is 0.500. The maximum absolute atomic E-state index is 11.5. The molecule has 90 valence electrons. The summed E-state index contributed by atoms with van der Waals surface area (Å²) in [4.78, 5) is 11.5. The Labute approximate surface area is 102 Å². The lowest BCUT2D eigenvalue weighted by Crippen LogP contribution is -2.42. The van der Waals surface area contributed by atoms with Crippen molar-refractivity contribution in [3.05, 3.63) is 35.4 Å². The Kier molecular flexibility index (Phi) is 2.85. The number of carbonyl (C=O) groups excluding carboxylic acids is 1. The van der Waals surface area contributed by atoms with Crippen LogP contribution in [0.1, 0.15) is 30.0 Å². The molecule has 1 aromatic rings. The van der Waals surface area contributed by atoms with Gasteiger partial charge in [0.2, 0.25) is 5.91 Å². The summed E-state index contributed by atoms with van der Waals surface area (Å²) in [5.74, 6) is 0.649. The van der Waals surface area contributed by atoms with Crippen LogP contribution in [0, 0.1) is 5.92 Å². The van der Waals surface area contributed by atoms with Crippen molar-refractivity contribution in [2.75, 3.05) is 13.1 Å². The Balaban J connectivity index is 1.87. The minimum Gasteiger partial charge on any atom is -0.356 e. The van der Waals surface area contributed by atoms with Crippen molar-refractivity contribution in [2.24, 2.45) is 5.92 Å². The van der Waals surface area contributed by atoms with Crippen LogP contribution in [0.25, 0.3) is 0 Å². The summed E-state index contributed by atoms with van der Waals surface area (Å²) in [6.07, 6.45) is 2.84. The van der Waals surface area contributed by atoms with Gasteiger partial charge < -0.3 is 10.6 Å². The van der Waals surface area contributed by atoms with Gasteiger partial charge in [-0.25, -0.2) is 0 Å². The average Bonchev–Trinajstić information content (AvgIpc) is 2.38. The van der Waals surface area contributed by atoms with Gasteiger partial charge in [-0.3, -0.25) is 4.79 Å². The summed E-state index contributed by atoms with van der Waals surface area (Å²) in [6.45, 7) is 1.85. The highest BCUT2D eigenvalue weighted by atomic mass is 16.1. The van der Waals surface area contributed by atoms with Gasteiger partial charge in [-0.05, 0) is 36.4 Å². The van der Waals surface area contributed by atoms with Crippen molar-refractivity contribution >= 4 is 5.91 Å². The standard InChI is InChI=1S/C14H18N2O/c17-13-9-11(6-7-15-13)14-12-4-2-1-3-10(12)5-8-16-14/h1-4,11,14,16H,5-9H2,(H,15,17). The molecule has 1 amide bonds. The molecule has 1 saturated heterocycles. The highest BCUT2D eigenvalue weighted by Gasteiger charge is 2.30. The molecule has 0 radical (unpaired) electrons. The second-order valence-electron chi connectivity index (χ2n) is 4.98. The summed E-state index contributed by atoms with van der Waals surface area (Å²) in [5.41, 5.74) is 2.85. The van der Waals surface area contributed by atoms with Crippen LogP contribution in [0.5, 0.6) is 0 Å². The molecule has 2 heterocycles. The molecule has 3 nitrogen and oxygen atoms in total. The minimum atomic E-state index is 0.200. The van der Waals surface area contributed by atoms with E-state index in [1.165, 1.54) is 11.1 Å². The van der Waals surface area contributed by atoms with Gasteiger partial charge in [-0.2, -0.15) is 0 Å². The molecule has 2 aliphatic heterocycles. The van der Waals surface area contributed by atoms with E-state index in [2.05, 4.69) is 34.9 Å². The van der Waals surface area contributed by atoms with Crippen LogP contribution in [-0.2, 0) is 11.2 Å². The SMILES string of the molecule is O=C1CC(C2NCCc3ccccc32)CCN1. The summed E-state index contributed by atoms with van der Waals surface area (Å²) in [7, 11) is 0. The number of piperidine rings is 1. The molecule has 0 aromatic heterocycles. The van der Waals surface area contributed by atoms with Gasteiger partial charge in [0.15, 0.2) is 0 Å². The normalized spacial score (nSPS) is 28.4. The molecule has 3 rings (SSSR count). The van der Waals surface area contributed by atoms with Crippen molar-refractivity contribution in [2.45, 2.75) is 25.3 Å². The van der Waals surface area contributed by atoms with Crippen LogP contribution >= 0.6 is 0 Å². The number of fused-ring (bicyclic) bond motifs is 1. The summed E-state index contributed by atoms with van der Waals surface area (Å²) < 4.78 is 0. The lowest BCUT2D eigenvalue weighted by atomic mass is 9.81. The first-order valence-electron chi connectivity index (χ1n) is 6.42. The molecule has 2 unspecified atom stereocenters. The van der Waals surface area contributed by atoms with Gasteiger partial charge in [0.25, 0.3) is 0 Å². The molecule has 0 aliphatic carbocycles. The number of rotatable bonds is 1. The number of hydrogen-bond donors (Lipinski definition) is 2. The van der Waals surface area contributed by atoms with E-state index in [0.29, 0.717) is 18.4 Å². The van der Waals surface area contributed by atoms with Crippen LogP contribution in [0.4, 0.5) is 0 Å². The first-order valence-corrected chi connectivity index (χ1v) is 6.42. The molecular formula is C14H18N2O. The molecule has 2 N–H and O–H groups in total. The third-order valence-corrected chi connectivity index (χ3v) is 3.91. The van der Waals surface area contributed by atoms with E-state index in [0.717, 1.165) is 25.9 Å². The largest absolute Gasteiger partial charge is 0.356 e. The van der Waals surface area contributed by atoms with Gasteiger partial charge in [0.05, 0.1) is 0 Å². The first-order chi connectivity index (χ1) is 8.34. The van der Waals surface area contributed by atoms with Gasteiger partial charge in [0, 0.05) is 19.0 Å². The molecule has 3 heteroatoms. The predicted molar refractivity (Wildman–Crippen MR) is 66.6 cm³/mol. The fourth-order valence-corrected chi connectivity index (χ4v) is 3.05. The van der Waals surface area contributed by atoms with Crippen LogP contribution in [-0.4, -0.2) is 19.0 Å². The van der Waals surface area contributed by atoms with Gasteiger partial charge >= 0.3 is 0 Å². The molecule has 2 atom stereocenters. The van der Waals surface area contributed by atoms with Gasteiger partial charge in [-0.1, -0.05) is 24.3 Å². The Hall–Kier alpha value is -1.35. The van der Waals surface area contributed by atoms with Crippen LogP contribution < -0.4 is 10.6 Å². The zero-order chi connectivity index (χ0) is 11.7. The molecular weight excluding hydrogens is 212 g/mol. The topological polar surface area (TPSA) is 41.1 Å². The summed E-state index contributed by atoms with van der Waals surface area (Å²) >= 11 is 0. The molecule has 0 spiro atoms. The van der Waals surface area contributed by atoms with E-state index in [9.17, 15) is 4.79 Å². The van der Waals surface area contributed by atoms with E-state index in [1.807, 2.05) is 0 Å². The van der Waals surface area contributed by atoms with Crippen molar-refractivity contribution in [1.82, 2.24) is 10.6 Å². The Morgan fingerprint density at radius 2 is 2.06 bits per heavy atom. The lowest BCUT2D eigenvalue weighted by molar-refractivity contribution is -0.123. The van der Waals surface area contributed by atoms with Crippen LogP contribution in [0.3, 0.4) is 0 Å². The monoisotopic (exact) mass is 230 g/mol. The molecule has 2 aliphatic rings. The van der Waals surface area contributed by atoms with Crippen molar-refractivity contribution < 1.29 is 4.79 Å². The quantitative estimate of drug-likeness (QED) is 0.765. The number of hydrogen-bond acceptors (Lipinski definition) is 2.